The molecule has 2 aromatic carbocycles. The Hall–Kier alpha value is -4.86. The molecule has 2 aromatic rings. The third-order valence-corrected chi connectivity index (χ3v) is 7.64. The molecule has 1 heterocycles. The Kier molecular flexibility index (Phi) is 14.3. The van der Waals surface area contributed by atoms with Crippen LogP contribution >= 0.6 is 0 Å². The lowest BCUT2D eigenvalue weighted by atomic mass is 9.96. The van der Waals surface area contributed by atoms with Crippen molar-refractivity contribution in [3.63, 3.8) is 0 Å². The van der Waals surface area contributed by atoms with Crippen LogP contribution in [-0.4, -0.2) is 107 Å². The van der Waals surface area contributed by atoms with Gasteiger partial charge in [-0.15, -0.1) is 0 Å². The van der Waals surface area contributed by atoms with Gasteiger partial charge in [-0.05, 0) is 23.5 Å². The molecule has 6 amide bonds. The summed E-state index contributed by atoms with van der Waals surface area (Å²) in [6.07, 6.45) is 0.0624. The molecule has 6 atom stereocenters. The smallest absolute Gasteiger partial charge is 0.245 e. The topological polar surface area (TPSA) is 235 Å². The van der Waals surface area contributed by atoms with Crippen LogP contribution in [0.5, 0.6) is 0 Å². The molecule has 15 heteroatoms. The molecular weight excluding hydrogens is 612 g/mol. The lowest BCUT2D eigenvalue weighted by Crippen LogP contribution is -2.62. The Balaban J connectivity index is 2.04. The van der Waals surface area contributed by atoms with Crippen LogP contribution in [0.25, 0.3) is 0 Å². The minimum Gasteiger partial charge on any atom is -0.396 e. The maximum atomic E-state index is 13.9. The van der Waals surface area contributed by atoms with Crippen molar-refractivity contribution in [3.05, 3.63) is 71.8 Å². The van der Waals surface area contributed by atoms with E-state index in [2.05, 4.69) is 31.9 Å². The predicted octanol–water partition coefficient (Wildman–Crippen LogP) is -2.97. The van der Waals surface area contributed by atoms with Crippen LogP contribution in [-0.2, 0) is 41.6 Å². The fraction of sp³-hybridized carbons (Fsp3) is 0.438. The summed E-state index contributed by atoms with van der Waals surface area (Å²) in [5.74, 6) is -5.71. The molecule has 0 aliphatic carbocycles. The second-order valence-electron chi connectivity index (χ2n) is 11.2. The van der Waals surface area contributed by atoms with Gasteiger partial charge in [-0.3, -0.25) is 28.8 Å². The minimum absolute atomic E-state index is 0.00979. The van der Waals surface area contributed by atoms with Gasteiger partial charge >= 0.3 is 0 Å². The maximum absolute atomic E-state index is 13.9. The Labute approximate surface area is 271 Å². The average Bonchev–Trinajstić information content (AvgIpc) is 3.07. The Bertz CT molecular complexity index is 1380. The zero-order chi connectivity index (χ0) is 34.3. The van der Waals surface area contributed by atoms with Crippen molar-refractivity contribution in [2.75, 3.05) is 26.4 Å². The summed E-state index contributed by atoms with van der Waals surface area (Å²) in [5.41, 5.74) is 1.34. The summed E-state index contributed by atoms with van der Waals surface area (Å²) in [7, 11) is 0. The molecule has 0 unspecified atom stereocenters. The standard InChI is InChI=1S/C32H42N6O9/c1-19(12-13-39)27-32(47)36-23(15-21-10-6-3-7-11-21)29(44)35-22(14-20-8-4-2-5-9-20)30(45)37-24(17-40)28(43)33-16-26(42)34-25(18-41)31(46)38-27/h2-11,19,22-25,27,39-41H,12-18H2,1H3,(H,33,43)(H,34,42)(H,35,44)(H,36,47)(H,37,45)(H,38,46)/t19-,22-,23-,24-,25-,27-/m1/s1. The van der Waals surface area contributed by atoms with Crippen molar-refractivity contribution in [2.45, 2.75) is 56.4 Å². The molecule has 0 bridgehead atoms. The second-order valence-corrected chi connectivity index (χ2v) is 11.2. The number of carbonyl (C=O) groups excluding carboxylic acids is 6. The highest BCUT2D eigenvalue weighted by molar-refractivity contribution is 5.97. The number of aliphatic hydroxyl groups is 3. The molecule has 0 radical (unpaired) electrons. The van der Waals surface area contributed by atoms with E-state index in [4.69, 9.17) is 0 Å². The van der Waals surface area contributed by atoms with E-state index in [1.54, 1.807) is 67.6 Å². The number of aliphatic hydroxyl groups excluding tert-OH is 3. The van der Waals surface area contributed by atoms with Gasteiger partial charge in [0.1, 0.15) is 30.2 Å². The van der Waals surface area contributed by atoms with Gasteiger partial charge < -0.3 is 47.2 Å². The van der Waals surface area contributed by atoms with Crippen molar-refractivity contribution in [1.29, 1.82) is 0 Å². The van der Waals surface area contributed by atoms with E-state index in [0.717, 1.165) is 0 Å². The number of nitrogens with one attached hydrogen (secondary N) is 6. The van der Waals surface area contributed by atoms with Crippen LogP contribution in [0.15, 0.2) is 60.7 Å². The number of carbonyl (C=O) groups is 6. The highest BCUT2D eigenvalue weighted by Crippen LogP contribution is 2.12. The number of hydrogen-bond acceptors (Lipinski definition) is 9. The second kappa shape index (κ2) is 18.3. The lowest BCUT2D eigenvalue weighted by Gasteiger charge is -2.29. The van der Waals surface area contributed by atoms with E-state index in [1.807, 2.05) is 0 Å². The lowest BCUT2D eigenvalue weighted by molar-refractivity contribution is -0.137. The normalized spacial score (nSPS) is 24.3. The number of rotatable bonds is 9. The molecule has 15 nitrogen and oxygen atoms in total. The summed E-state index contributed by atoms with van der Waals surface area (Å²) in [5, 5.41) is 44.0. The van der Waals surface area contributed by atoms with E-state index in [-0.39, 0.29) is 25.9 Å². The number of amides is 6. The quantitative estimate of drug-likeness (QED) is 0.134. The first-order valence-corrected chi connectivity index (χ1v) is 15.2. The minimum atomic E-state index is -1.52. The monoisotopic (exact) mass is 654 g/mol. The first kappa shape index (κ1) is 36.6. The van der Waals surface area contributed by atoms with Crippen LogP contribution in [0, 0.1) is 5.92 Å². The van der Waals surface area contributed by atoms with Crippen LogP contribution in [0.1, 0.15) is 24.5 Å². The van der Waals surface area contributed by atoms with Crippen LogP contribution < -0.4 is 31.9 Å². The maximum Gasteiger partial charge on any atom is 0.245 e. The first-order valence-electron chi connectivity index (χ1n) is 15.2. The summed E-state index contributed by atoms with van der Waals surface area (Å²) in [6.45, 7) is -1.10. The third-order valence-electron chi connectivity index (χ3n) is 7.64. The SMILES string of the molecule is C[C@H](CCO)[C@H]1NC(=O)[C@@H](CO)NC(=O)CNC(=O)[C@@H](CO)NC(=O)[C@@H](Cc2ccccc2)NC(=O)[C@@H](Cc2ccccc2)NC1=O. The van der Waals surface area contributed by atoms with Crippen molar-refractivity contribution in [2.24, 2.45) is 5.92 Å². The van der Waals surface area contributed by atoms with Crippen molar-refractivity contribution in [1.82, 2.24) is 31.9 Å². The molecule has 47 heavy (non-hydrogen) atoms. The van der Waals surface area contributed by atoms with Crippen LogP contribution in [0.4, 0.5) is 0 Å². The molecule has 1 fully saturated rings. The molecule has 0 spiro atoms. The van der Waals surface area contributed by atoms with Gasteiger partial charge in [-0.2, -0.15) is 0 Å². The Morgan fingerprint density at radius 2 is 1.04 bits per heavy atom. The van der Waals surface area contributed by atoms with Crippen molar-refractivity contribution >= 4 is 35.4 Å². The van der Waals surface area contributed by atoms with Gasteiger partial charge in [0.25, 0.3) is 0 Å². The Morgan fingerprint density at radius 1 is 0.596 bits per heavy atom. The third kappa shape index (κ3) is 11.2. The summed E-state index contributed by atoms with van der Waals surface area (Å²) < 4.78 is 0. The van der Waals surface area contributed by atoms with Crippen molar-refractivity contribution in [3.8, 4) is 0 Å². The fourth-order valence-electron chi connectivity index (χ4n) is 4.94. The zero-order valence-corrected chi connectivity index (χ0v) is 26.0. The summed E-state index contributed by atoms with van der Waals surface area (Å²) in [4.78, 5) is 79.6. The van der Waals surface area contributed by atoms with Crippen LogP contribution in [0.2, 0.25) is 0 Å². The van der Waals surface area contributed by atoms with Crippen molar-refractivity contribution < 1.29 is 44.1 Å². The number of hydrogen-bond donors (Lipinski definition) is 9. The molecule has 0 aromatic heterocycles. The summed E-state index contributed by atoms with van der Waals surface area (Å²) >= 11 is 0. The van der Waals surface area contributed by atoms with Gasteiger partial charge in [0.05, 0.1) is 19.8 Å². The summed E-state index contributed by atoms with van der Waals surface area (Å²) in [6, 6.07) is 10.6. The highest BCUT2D eigenvalue weighted by atomic mass is 16.3. The molecule has 0 saturated carbocycles. The molecule has 3 rings (SSSR count). The molecule has 9 N–H and O–H groups in total. The molecule has 1 saturated heterocycles. The highest BCUT2D eigenvalue weighted by Gasteiger charge is 2.35. The van der Waals surface area contributed by atoms with Gasteiger partial charge in [0, 0.05) is 19.4 Å². The molecular formula is C32H42N6O9. The first-order chi connectivity index (χ1) is 22.6. The predicted molar refractivity (Wildman–Crippen MR) is 168 cm³/mol. The van der Waals surface area contributed by atoms with Gasteiger partial charge in [-0.1, -0.05) is 67.6 Å². The van der Waals surface area contributed by atoms with E-state index < -0.39 is 91.3 Å². The zero-order valence-electron chi connectivity index (χ0n) is 26.0. The molecule has 1 aliphatic rings. The van der Waals surface area contributed by atoms with E-state index in [1.165, 1.54) is 0 Å². The van der Waals surface area contributed by atoms with E-state index in [9.17, 15) is 44.1 Å². The largest absolute Gasteiger partial charge is 0.396 e. The number of benzene rings is 2. The van der Waals surface area contributed by atoms with Gasteiger partial charge in [0.2, 0.25) is 35.4 Å². The van der Waals surface area contributed by atoms with Crippen LogP contribution in [0.3, 0.4) is 0 Å². The van der Waals surface area contributed by atoms with Gasteiger partial charge in [-0.25, -0.2) is 0 Å². The van der Waals surface area contributed by atoms with E-state index >= 15 is 0 Å². The van der Waals surface area contributed by atoms with E-state index in [0.29, 0.717) is 11.1 Å². The van der Waals surface area contributed by atoms with Gasteiger partial charge in [0.15, 0.2) is 0 Å². The average molecular weight is 655 g/mol. The molecule has 1 aliphatic heterocycles. The Morgan fingerprint density at radius 3 is 1.53 bits per heavy atom. The fourth-order valence-corrected chi connectivity index (χ4v) is 4.94. The molecule has 254 valence electrons.